The molecule has 2 N–H and O–H groups in total. The minimum absolute atomic E-state index is 0.0713. The number of benzene rings is 1. The number of aromatic nitrogens is 2. The van der Waals surface area contributed by atoms with Crippen molar-refractivity contribution in [3.8, 4) is 5.69 Å². The summed E-state index contributed by atoms with van der Waals surface area (Å²) in [5.41, 5.74) is -1.27. The molecule has 0 radical (unpaired) electrons. The molecule has 0 aliphatic heterocycles. The first-order chi connectivity index (χ1) is 9.66. The Balaban J connectivity index is 2.72. The monoisotopic (exact) mass is 337 g/mol. The third kappa shape index (κ3) is 2.71. The number of H-pyrrole nitrogens is 1. The first-order valence-electron chi connectivity index (χ1n) is 5.55. The Kier molecular flexibility index (Phi) is 3.90. The summed E-state index contributed by atoms with van der Waals surface area (Å²) in [5, 5.41) is 9.13. The SMILES string of the molecule is Cc1[nH]n(-c2c(Cl)cc(C(F)(F)F)cc2Cl)c(=O)c1C=N. The van der Waals surface area contributed by atoms with Crippen LogP contribution in [0.5, 0.6) is 0 Å². The Bertz CT molecular complexity index is 754. The van der Waals surface area contributed by atoms with Gasteiger partial charge in [-0.1, -0.05) is 23.2 Å². The molecule has 1 heterocycles. The molecule has 0 amide bonds. The van der Waals surface area contributed by atoms with Crippen LogP contribution >= 0.6 is 23.2 Å². The van der Waals surface area contributed by atoms with E-state index in [4.69, 9.17) is 28.6 Å². The molecule has 0 aliphatic rings. The highest BCUT2D eigenvalue weighted by molar-refractivity contribution is 6.37. The van der Waals surface area contributed by atoms with E-state index in [1.54, 1.807) is 6.92 Å². The van der Waals surface area contributed by atoms with E-state index in [2.05, 4.69) is 5.10 Å². The summed E-state index contributed by atoms with van der Waals surface area (Å²) in [6.07, 6.45) is -3.75. The van der Waals surface area contributed by atoms with Gasteiger partial charge in [0.1, 0.15) is 5.69 Å². The lowest BCUT2D eigenvalue weighted by atomic mass is 10.2. The number of aromatic amines is 1. The molecule has 1 aromatic heterocycles. The van der Waals surface area contributed by atoms with Crippen LogP contribution in [0.3, 0.4) is 0 Å². The molecule has 1 aromatic carbocycles. The van der Waals surface area contributed by atoms with Crippen LogP contribution in [0.15, 0.2) is 16.9 Å². The fourth-order valence-electron chi connectivity index (χ4n) is 1.83. The number of rotatable bonds is 2. The van der Waals surface area contributed by atoms with Gasteiger partial charge in [0.25, 0.3) is 5.56 Å². The molecule has 112 valence electrons. The van der Waals surface area contributed by atoms with Crippen molar-refractivity contribution >= 4 is 29.4 Å². The zero-order chi connectivity index (χ0) is 15.9. The summed E-state index contributed by atoms with van der Waals surface area (Å²) in [4.78, 5) is 12.0. The van der Waals surface area contributed by atoms with E-state index in [-0.39, 0.29) is 21.3 Å². The maximum atomic E-state index is 12.7. The quantitative estimate of drug-likeness (QED) is 0.804. The molecule has 21 heavy (non-hydrogen) atoms. The average molecular weight is 338 g/mol. The first-order valence-corrected chi connectivity index (χ1v) is 6.31. The molecule has 0 saturated heterocycles. The number of alkyl halides is 3. The number of nitrogens with zero attached hydrogens (tertiary/aromatic N) is 1. The zero-order valence-electron chi connectivity index (χ0n) is 10.5. The molecule has 9 heteroatoms. The molecule has 0 aliphatic carbocycles. The highest BCUT2D eigenvalue weighted by atomic mass is 35.5. The average Bonchev–Trinajstić information content (AvgIpc) is 2.62. The summed E-state index contributed by atoms with van der Waals surface area (Å²) < 4.78 is 38.9. The van der Waals surface area contributed by atoms with E-state index in [0.717, 1.165) is 10.9 Å². The van der Waals surface area contributed by atoms with Crippen molar-refractivity contribution in [2.24, 2.45) is 0 Å². The molecule has 0 saturated carbocycles. The standard InChI is InChI=1S/C12H8Cl2F3N3O/c1-5-7(4-18)11(21)20(19-5)10-8(13)2-6(3-9(10)14)12(15,16)17/h2-4,18-19H,1H3. The van der Waals surface area contributed by atoms with Crippen molar-refractivity contribution < 1.29 is 13.2 Å². The van der Waals surface area contributed by atoms with E-state index in [1.165, 1.54) is 0 Å². The Morgan fingerprint density at radius 3 is 2.19 bits per heavy atom. The summed E-state index contributed by atoms with van der Waals surface area (Å²) in [6, 6.07) is 1.38. The second-order valence-electron chi connectivity index (χ2n) is 4.22. The van der Waals surface area contributed by atoms with Crippen LogP contribution in [-0.2, 0) is 6.18 Å². The van der Waals surface area contributed by atoms with Gasteiger partial charge in [0.05, 0.1) is 21.2 Å². The van der Waals surface area contributed by atoms with Crippen LogP contribution in [0.25, 0.3) is 5.69 Å². The highest BCUT2D eigenvalue weighted by Crippen LogP contribution is 2.36. The van der Waals surface area contributed by atoms with Crippen molar-refractivity contribution in [2.45, 2.75) is 13.1 Å². The fourth-order valence-corrected chi connectivity index (χ4v) is 2.49. The molecule has 2 aromatic rings. The molecule has 4 nitrogen and oxygen atoms in total. The maximum Gasteiger partial charge on any atom is 0.416 e. The van der Waals surface area contributed by atoms with Crippen LogP contribution in [-0.4, -0.2) is 16.0 Å². The molecule has 0 atom stereocenters. The van der Waals surface area contributed by atoms with Crippen molar-refractivity contribution in [1.29, 1.82) is 5.41 Å². The maximum absolute atomic E-state index is 12.7. The number of aryl methyl sites for hydroxylation is 1. The smallest absolute Gasteiger partial charge is 0.308 e. The summed E-state index contributed by atoms with van der Waals surface area (Å²) in [5.74, 6) is 0. The third-order valence-corrected chi connectivity index (χ3v) is 3.41. The third-order valence-electron chi connectivity index (χ3n) is 2.83. The minimum Gasteiger partial charge on any atom is -0.308 e. The summed E-state index contributed by atoms with van der Waals surface area (Å²) in [6.45, 7) is 1.55. The number of nitrogens with one attached hydrogen (secondary N) is 2. The molecular weight excluding hydrogens is 330 g/mol. The largest absolute Gasteiger partial charge is 0.416 e. The number of hydrogen-bond acceptors (Lipinski definition) is 2. The Hall–Kier alpha value is -1.73. The van der Waals surface area contributed by atoms with Crippen LogP contribution in [0.1, 0.15) is 16.8 Å². The van der Waals surface area contributed by atoms with Crippen molar-refractivity contribution in [3.63, 3.8) is 0 Å². The van der Waals surface area contributed by atoms with Gasteiger partial charge >= 0.3 is 6.18 Å². The molecule has 2 rings (SSSR count). The number of halogens is 5. The normalized spacial score (nSPS) is 11.7. The van der Waals surface area contributed by atoms with Gasteiger partial charge in [-0.2, -0.15) is 13.2 Å². The van der Waals surface area contributed by atoms with Gasteiger partial charge < -0.3 is 5.41 Å². The van der Waals surface area contributed by atoms with E-state index in [9.17, 15) is 18.0 Å². The minimum atomic E-state index is -4.59. The molecule has 0 fully saturated rings. The highest BCUT2D eigenvalue weighted by Gasteiger charge is 2.32. The predicted molar refractivity (Wildman–Crippen MR) is 74.0 cm³/mol. The van der Waals surface area contributed by atoms with Crippen LogP contribution in [0.2, 0.25) is 10.0 Å². The van der Waals surface area contributed by atoms with E-state index in [0.29, 0.717) is 17.8 Å². The van der Waals surface area contributed by atoms with Gasteiger partial charge in [0.15, 0.2) is 0 Å². The summed E-state index contributed by atoms with van der Waals surface area (Å²) >= 11 is 11.7. The first kappa shape index (κ1) is 15.7. The van der Waals surface area contributed by atoms with Crippen LogP contribution < -0.4 is 5.56 Å². The second-order valence-corrected chi connectivity index (χ2v) is 5.04. The Labute approximate surface area is 126 Å². The fraction of sp³-hybridized carbons (Fsp3) is 0.167. The molecular formula is C12H8Cl2F3N3O. The topological polar surface area (TPSA) is 61.6 Å². The zero-order valence-corrected chi connectivity index (χ0v) is 12.0. The Morgan fingerprint density at radius 2 is 1.81 bits per heavy atom. The van der Waals surface area contributed by atoms with Crippen molar-refractivity contribution in [3.05, 3.63) is 49.4 Å². The van der Waals surface area contributed by atoms with E-state index >= 15 is 0 Å². The van der Waals surface area contributed by atoms with Crippen LogP contribution in [0, 0.1) is 12.3 Å². The molecule has 0 spiro atoms. The molecule has 0 unspecified atom stereocenters. The van der Waals surface area contributed by atoms with Gasteiger partial charge in [0.2, 0.25) is 0 Å². The lowest BCUT2D eigenvalue weighted by Gasteiger charge is -2.12. The van der Waals surface area contributed by atoms with E-state index in [1.807, 2.05) is 0 Å². The predicted octanol–water partition coefficient (Wildman–Crippen LogP) is 3.80. The lowest BCUT2D eigenvalue weighted by Crippen LogP contribution is -2.18. The van der Waals surface area contributed by atoms with Crippen molar-refractivity contribution in [2.75, 3.05) is 0 Å². The van der Waals surface area contributed by atoms with Crippen molar-refractivity contribution in [1.82, 2.24) is 9.78 Å². The van der Waals surface area contributed by atoms with E-state index < -0.39 is 17.3 Å². The van der Waals surface area contributed by atoms with Gasteiger partial charge in [0, 0.05) is 11.9 Å². The van der Waals surface area contributed by atoms with Crippen LogP contribution in [0.4, 0.5) is 13.2 Å². The lowest BCUT2D eigenvalue weighted by molar-refractivity contribution is -0.137. The molecule has 0 bridgehead atoms. The number of hydrogen-bond donors (Lipinski definition) is 2. The van der Waals surface area contributed by atoms with Gasteiger partial charge in [-0.3, -0.25) is 9.89 Å². The second kappa shape index (κ2) is 5.23. The Morgan fingerprint density at radius 1 is 1.29 bits per heavy atom. The summed E-state index contributed by atoms with van der Waals surface area (Å²) in [7, 11) is 0. The van der Waals surface area contributed by atoms with Gasteiger partial charge in [-0.15, -0.1) is 0 Å². The van der Waals surface area contributed by atoms with Gasteiger partial charge in [-0.05, 0) is 19.1 Å². The van der Waals surface area contributed by atoms with Gasteiger partial charge in [-0.25, -0.2) is 4.68 Å².